The summed E-state index contributed by atoms with van der Waals surface area (Å²) in [7, 11) is 0. The maximum absolute atomic E-state index is 14.5. The molecule has 3 N–H and O–H groups in total. The Morgan fingerprint density at radius 2 is 0.777 bits per heavy atom. The third kappa shape index (κ3) is 17.5. The van der Waals surface area contributed by atoms with Crippen molar-refractivity contribution in [1.82, 2.24) is 39.3 Å². The molecule has 9 aromatic rings. The number of nitrogens with zero attached hydrogens (tertiary/aromatic N) is 6. The van der Waals surface area contributed by atoms with Gasteiger partial charge in [0.05, 0.1) is 103 Å². The number of carbonyl (C=O) groups excluding carboxylic acids is 2. The molecule has 11 rings (SSSR count). The van der Waals surface area contributed by atoms with Gasteiger partial charge in [0, 0.05) is 0 Å². The van der Waals surface area contributed by atoms with Gasteiger partial charge < -0.3 is 28.8 Å². The Bertz CT molecular complexity index is 4350. The van der Waals surface area contributed by atoms with Gasteiger partial charge in [0.1, 0.15) is 25.9 Å². The maximum atomic E-state index is 14.5. The molecule has 2 aromatic heterocycles. The highest BCUT2D eigenvalue weighted by atomic mass is 19.4. The van der Waals surface area contributed by atoms with E-state index in [1.165, 1.54) is 45.4 Å². The number of halogens is 12. The molecule has 2 aliphatic heterocycles. The van der Waals surface area contributed by atoms with E-state index in [0.717, 1.165) is 5.56 Å². The third-order valence-corrected chi connectivity index (χ3v) is 18.6. The van der Waals surface area contributed by atoms with Crippen LogP contribution < -0.4 is 11.4 Å². The van der Waals surface area contributed by atoms with Crippen molar-refractivity contribution >= 4 is 12.2 Å². The van der Waals surface area contributed by atoms with Crippen molar-refractivity contribution in [2.24, 2.45) is 0 Å². The minimum absolute atomic E-state index is 0.0404. The van der Waals surface area contributed by atoms with Gasteiger partial charge in [-0.05, 0) is 115 Å². The number of hydrogen-bond donors (Lipinski definition) is 3. The SMILES string of the molecule is C[C@@H](OC[C@@]1(c2ccccc2)CC[C@](CO)(n2cn[nH]c2=O)CN1C(=O)OCc1ccccc1)c1cc(C(F)(F)F)cc(C(F)(F)F)c1.C[C@@H](OC[C@@]1(c2ccccc2)CC[C@](COCc2ccccc2)(n2cn[nH]c2=O)CN1C(=O)OCc1ccccc1)c1cc(C(F)(F)F)cc(C(F)(F)F)c1. The smallest absolute Gasteiger partial charge is 0.416 e. The van der Waals surface area contributed by atoms with Crippen molar-refractivity contribution in [1.29, 1.82) is 0 Å². The number of amides is 2. The Kier molecular flexibility index (Phi) is 23.0. The van der Waals surface area contributed by atoms with Crippen LogP contribution >= 0.6 is 0 Å². The molecule has 2 saturated heterocycles. The van der Waals surface area contributed by atoms with Crippen LogP contribution in [0, 0.1) is 0 Å². The van der Waals surface area contributed by atoms with E-state index in [2.05, 4.69) is 20.4 Å². The summed E-state index contributed by atoms with van der Waals surface area (Å²) in [6, 6.07) is 46.9. The van der Waals surface area contributed by atoms with E-state index < -0.39 is 118 Å². The highest BCUT2D eigenvalue weighted by Gasteiger charge is 2.56. The largest absolute Gasteiger partial charge is 0.445 e. The van der Waals surface area contributed by atoms with Crippen LogP contribution in [0.1, 0.15) is 113 Å². The summed E-state index contributed by atoms with van der Waals surface area (Å²) in [5, 5.41) is 23.0. The predicted molar refractivity (Wildman–Crippen MR) is 348 cm³/mol. The first-order valence-corrected chi connectivity index (χ1v) is 32.3. The zero-order chi connectivity index (χ0) is 74.0. The van der Waals surface area contributed by atoms with Crippen LogP contribution in [0.4, 0.5) is 62.3 Å². The van der Waals surface area contributed by atoms with Crippen molar-refractivity contribution in [3.8, 4) is 0 Å². The van der Waals surface area contributed by atoms with Crippen LogP contribution in [0.15, 0.2) is 210 Å². The van der Waals surface area contributed by atoms with Gasteiger partial charge in [0.2, 0.25) is 0 Å². The topological polar surface area (TPSA) is 208 Å². The number of aromatic amines is 2. The van der Waals surface area contributed by atoms with E-state index in [0.29, 0.717) is 46.5 Å². The number of nitrogens with one attached hydrogen (secondary N) is 2. The number of aliphatic hydroxyl groups is 1. The summed E-state index contributed by atoms with van der Waals surface area (Å²) in [4.78, 5) is 57.1. The lowest BCUT2D eigenvalue weighted by Gasteiger charge is -2.53. The fourth-order valence-electron chi connectivity index (χ4n) is 12.9. The highest BCUT2D eigenvalue weighted by Crippen LogP contribution is 2.48. The lowest BCUT2D eigenvalue weighted by Crippen LogP contribution is -2.64. The van der Waals surface area contributed by atoms with Crippen molar-refractivity contribution in [3.63, 3.8) is 0 Å². The average Bonchev–Trinajstić information content (AvgIpc) is 1.28. The summed E-state index contributed by atoms with van der Waals surface area (Å²) in [6.45, 7) is 0.753. The molecule has 6 atom stereocenters. The number of alkyl halides is 12. The predicted octanol–water partition coefficient (Wildman–Crippen LogP) is 15.0. The average molecular weight is 1450 g/mol. The van der Waals surface area contributed by atoms with Gasteiger partial charge in [-0.15, -0.1) is 0 Å². The van der Waals surface area contributed by atoms with Gasteiger partial charge in [0.15, 0.2) is 0 Å². The lowest BCUT2D eigenvalue weighted by molar-refractivity contribution is -0.145. The van der Waals surface area contributed by atoms with E-state index in [1.807, 2.05) is 36.4 Å². The summed E-state index contributed by atoms with van der Waals surface area (Å²) < 4.78 is 197. The summed E-state index contributed by atoms with van der Waals surface area (Å²) in [6.07, 6.45) is -21.5. The highest BCUT2D eigenvalue weighted by molar-refractivity contribution is 5.71. The fourth-order valence-corrected chi connectivity index (χ4v) is 12.9. The van der Waals surface area contributed by atoms with Crippen LogP contribution in [0.5, 0.6) is 0 Å². The number of rotatable bonds is 21. The Labute approximate surface area is 581 Å². The van der Waals surface area contributed by atoms with Crippen LogP contribution in [0.2, 0.25) is 0 Å². The molecule has 546 valence electrons. The van der Waals surface area contributed by atoms with Crippen molar-refractivity contribution in [2.45, 2.75) is 118 Å². The first-order chi connectivity index (χ1) is 48.9. The van der Waals surface area contributed by atoms with Gasteiger partial charge >= 0.3 is 48.3 Å². The fraction of sp³-hybridized carbons (Fsp3) is 0.342. The van der Waals surface area contributed by atoms with E-state index in [-0.39, 0.29) is 95.1 Å². The zero-order valence-corrected chi connectivity index (χ0v) is 55.2. The second-order valence-electron chi connectivity index (χ2n) is 25.3. The number of likely N-dealkylation sites (tertiary alicyclic amines) is 2. The maximum Gasteiger partial charge on any atom is 0.416 e. The quantitative estimate of drug-likeness (QED) is 0.0574. The first kappa shape index (κ1) is 75.6. The molecule has 0 radical (unpaired) electrons. The molecule has 7 aromatic carbocycles. The number of hydrogen-bond acceptors (Lipinski definition) is 12. The molecule has 2 aliphatic rings. The van der Waals surface area contributed by atoms with Gasteiger partial charge in [-0.1, -0.05) is 152 Å². The summed E-state index contributed by atoms with van der Waals surface area (Å²) in [5.74, 6) is 0. The van der Waals surface area contributed by atoms with Gasteiger partial charge in [-0.3, -0.25) is 18.9 Å². The normalized spacial score (nSPS) is 20.1. The lowest BCUT2D eigenvalue weighted by atomic mass is 9.74. The van der Waals surface area contributed by atoms with Crippen molar-refractivity contribution in [2.75, 3.05) is 39.5 Å². The molecule has 0 unspecified atom stereocenters. The minimum atomic E-state index is -5.05. The molecule has 2 amide bonds. The number of carbonyl (C=O) groups is 2. The van der Waals surface area contributed by atoms with Crippen LogP contribution in [0.3, 0.4) is 0 Å². The molecule has 0 bridgehead atoms. The van der Waals surface area contributed by atoms with Gasteiger partial charge in [-0.25, -0.2) is 29.4 Å². The molecule has 2 fully saturated rings. The molecule has 30 heteroatoms. The Morgan fingerprint density at radius 1 is 0.456 bits per heavy atom. The van der Waals surface area contributed by atoms with E-state index in [1.54, 1.807) is 115 Å². The third-order valence-electron chi connectivity index (χ3n) is 18.6. The van der Waals surface area contributed by atoms with Crippen LogP contribution in [-0.4, -0.2) is 96.1 Å². The molecule has 0 spiro atoms. The Hall–Kier alpha value is -10.0. The number of aliphatic hydroxyl groups excluding tert-OH is 1. The second kappa shape index (κ2) is 31.3. The summed E-state index contributed by atoms with van der Waals surface area (Å²) >= 11 is 0. The molecule has 103 heavy (non-hydrogen) atoms. The standard InChI is InChI=1S/C40H38F6N4O5.C33H32F6N4O5/c1-28(31-19-33(39(41,42)43)21-34(20-31)40(44,45)46)55-26-38(32-15-9-4-10-16-32)18-17-37(50-27-47-48-35(50)51,25-53-22-29-11-5-2-6-12-29)24-49(38)36(52)54-23-30-13-7-3-8-14-30;1-22(24-14-26(32(34,35)36)16-27(15-24)33(37,38)39)48-20-31(25-10-6-3-7-11-25)13-12-30(19-44,43-21-40-41-28(43)45)18-42(31)29(46)47-17-23-8-4-2-5-9-23/h2-16,19-21,27-28H,17-18,22-26H2,1H3,(H,48,51);2-11,14-16,21-22,44H,12-13,17-20H2,1H3,(H,41,45)/t28-,37+,38-;22-,30+,31-/m11/s1. The monoisotopic (exact) mass is 1450 g/mol. The number of ether oxygens (including phenoxy) is 5. The zero-order valence-electron chi connectivity index (χ0n) is 55.2. The summed E-state index contributed by atoms with van der Waals surface area (Å²) in [5.41, 5.74) is -9.83. The second-order valence-corrected chi connectivity index (χ2v) is 25.3. The number of aromatic nitrogens is 6. The minimum Gasteiger partial charge on any atom is -0.445 e. The van der Waals surface area contributed by atoms with Crippen LogP contribution in [-0.2, 0) is 90.4 Å². The van der Waals surface area contributed by atoms with E-state index >= 15 is 0 Å². The number of H-pyrrole nitrogens is 2. The molecule has 18 nitrogen and oxygen atoms in total. The molecule has 0 aliphatic carbocycles. The van der Waals surface area contributed by atoms with E-state index in [9.17, 15) is 77.0 Å². The Balaban J connectivity index is 0.000000224. The first-order valence-electron chi connectivity index (χ1n) is 32.3. The van der Waals surface area contributed by atoms with Crippen molar-refractivity contribution in [3.05, 3.63) is 283 Å². The van der Waals surface area contributed by atoms with Crippen molar-refractivity contribution < 1.29 is 91.1 Å². The van der Waals surface area contributed by atoms with E-state index in [4.69, 9.17) is 23.7 Å². The van der Waals surface area contributed by atoms with Gasteiger partial charge in [0.25, 0.3) is 0 Å². The van der Waals surface area contributed by atoms with Gasteiger partial charge in [-0.2, -0.15) is 62.9 Å². The number of piperidine rings is 2. The molecule has 0 saturated carbocycles. The Morgan fingerprint density at radius 3 is 1.11 bits per heavy atom. The molecular weight excluding hydrogens is 1380 g/mol. The molecular formula is C73H70F12N8O10. The molecule has 4 heterocycles. The van der Waals surface area contributed by atoms with Crippen LogP contribution in [0.25, 0.3) is 0 Å². The number of benzene rings is 7.